The zero-order chi connectivity index (χ0) is 9.14. The molecule has 0 fully saturated rings. The zero-order valence-corrected chi connectivity index (χ0v) is 7.42. The average molecular weight is 167 g/mol. The average Bonchev–Trinajstić information content (AvgIpc) is 2.04. The largest absolute Gasteiger partial charge is 0.327 e. The minimum absolute atomic E-state index is 0.0121. The van der Waals surface area contributed by atoms with Crippen molar-refractivity contribution in [1.29, 1.82) is 0 Å². The smallest absolute Gasteiger partial charge is 0.126 e. The molecule has 0 amide bonds. The third-order valence-electron chi connectivity index (χ3n) is 2.18. The standard InChI is InChI=1S/C10H14FN/c1-7(8(2)12)9-5-3-4-6-10(9)11/h3-8H,12H2,1-2H3. The molecule has 0 aliphatic heterocycles. The first-order valence-electron chi connectivity index (χ1n) is 4.13. The van der Waals surface area contributed by atoms with Crippen molar-refractivity contribution in [2.45, 2.75) is 25.8 Å². The predicted molar refractivity (Wildman–Crippen MR) is 48.5 cm³/mol. The van der Waals surface area contributed by atoms with Gasteiger partial charge in [-0.1, -0.05) is 25.1 Å². The Kier molecular flexibility index (Phi) is 2.82. The maximum absolute atomic E-state index is 13.1. The Hall–Kier alpha value is -0.890. The van der Waals surface area contributed by atoms with Crippen molar-refractivity contribution >= 4 is 0 Å². The van der Waals surface area contributed by atoms with Crippen LogP contribution in [0, 0.1) is 5.82 Å². The van der Waals surface area contributed by atoms with E-state index in [4.69, 9.17) is 5.73 Å². The molecular weight excluding hydrogens is 153 g/mol. The highest BCUT2D eigenvalue weighted by Gasteiger charge is 2.13. The molecule has 66 valence electrons. The molecule has 0 heterocycles. The third kappa shape index (κ3) is 1.83. The Morgan fingerprint density at radius 1 is 1.25 bits per heavy atom. The van der Waals surface area contributed by atoms with Crippen LogP contribution >= 0.6 is 0 Å². The van der Waals surface area contributed by atoms with E-state index in [0.717, 1.165) is 0 Å². The summed E-state index contributed by atoms with van der Waals surface area (Å²) >= 11 is 0. The molecule has 2 atom stereocenters. The molecule has 0 aromatic heterocycles. The quantitative estimate of drug-likeness (QED) is 0.718. The van der Waals surface area contributed by atoms with E-state index in [0.29, 0.717) is 5.56 Å². The summed E-state index contributed by atoms with van der Waals surface area (Å²) in [5.41, 5.74) is 6.37. The van der Waals surface area contributed by atoms with E-state index in [-0.39, 0.29) is 17.8 Å². The van der Waals surface area contributed by atoms with Crippen molar-refractivity contribution in [2.75, 3.05) is 0 Å². The predicted octanol–water partition coefficient (Wildman–Crippen LogP) is 2.28. The van der Waals surface area contributed by atoms with Crippen LogP contribution in [-0.2, 0) is 0 Å². The van der Waals surface area contributed by atoms with Gasteiger partial charge in [-0.15, -0.1) is 0 Å². The molecule has 0 spiro atoms. The normalized spacial score (nSPS) is 15.7. The molecule has 0 saturated carbocycles. The number of rotatable bonds is 2. The van der Waals surface area contributed by atoms with Crippen molar-refractivity contribution in [3.8, 4) is 0 Å². The first-order valence-corrected chi connectivity index (χ1v) is 4.13. The summed E-state index contributed by atoms with van der Waals surface area (Å²) < 4.78 is 13.1. The monoisotopic (exact) mass is 167 g/mol. The van der Waals surface area contributed by atoms with E-state index in [1.54, 1.807) is 12.1 Å². The van der Waals surface area contributed by atoms with Crippen molar-refractivity contribution in [2.24, 2.45) is 5.73 Å². The summed E-state index contributed by atoms with van der Waals surface area (Å²) in [6.07, 6.45) is 0. The van der Waals surface area contributed by atoms with Gasteiger partial charge in [-0.3, -0.25) is 0 Å². The Labute approximate surface area is 72.4 Å². The van der Waals surface area contributed by atoms with E-state index >= 15 is 0 Å². The molecule has 1 aromatic rings. The van der Waals surface area contributed by atoms with Gasteiger partial charge in [-0.2, -0.15) is 0 Å². The topological polar surface area (TPSA) is 26.0 Å². The summed E-state index contributed by atoms with van der Waals surface area (Å²) in [7, 11) is 0. The highest BCUT2D eigenvalue weighted by atomic mass is 19.1. The van der Waals surface area contributed by atoms with E-state index in [1.165, 1.54) is 6.07 Å². The second-order valence-electron chi connectivity index (χ2n) is 3.17. The van der Waals surface area contributed by atoms with Gasteiger partial charge in [0.1, 0.15) is 5.82 Å². The van der Waals surface area contributed by atoms with Crippen LogP contribution in [0.25, 0.3) is 0 Å². The van der Waals surface area contributed by atoms with Crippen molar-refractivity contribution in [3.05, 3.63) is 35.6 Å². The lowest BCUT2D eigenvalue weighted by Gasteiger charge is -2.16. The molecular formula is C10H14FN. The van der Waals surface area contributed by atoms with Gasteiger partial charge in [0.2, 0.25) is 0 Å². The molecule has 2 heteroatoms. The van der Waals surface area contributed by atoms with Gasteiger partial charge < -0.3 is 5.73 Å². The Bertz CT molecular complexity index is 258. The Balaban J connectivity index is 2.94. The molecule has 0 bridgehead atoms. The van der Waals surface area contributed by atoms with Gasteiger partial charge in [0.25, 0.3) is 0 Å². The van der Waals surface area contributed by atoms with Crippen molar-refractivity contribution < 1.29 is 4.39 Å². The van der Waals surface area contributed by atoms with Crippen molar-refractivity contribution in [1.82, 2.24) is 0 Å². The summed E-state index contributed by atoms with van der Waals surface area (Å²) in [6, 6.07) is 6.75. The summed E-state index contributed by atoms with van der Waals surface area (Å²) in [5.74, 6) is -0.0894. The molecule has 2 N–H and O–H groups in total. The molecule has 1 rings (SSSR count). The third-order valence-corrected chi connectivity index (χ3v) is 2.18. The second kappa shape index (κ2) is 3.68. The Morgan fingerprint density at radius 2 is 1.83 bits per heavy atom. The fourth-order valence-electron chi connectivity index (χ4n) is 1.13. The van der Waals surface area contributed by atoms with Crippen LogP contribution < -0.4 is 5.73 Å². The molecule has 0 aliphatic rings. The number of hydrogen-bond acceptors (Lipinski definition) is 1. The van der Waals surface area contributed by atoms with Crippen LogP contribution in [0.1, 0.15) is 25.3 Å². The van der Waals surface area contributed by atoms with Gasteiger partial charge in [0.15, 0.2) is 0 Å². The van der Waals surface area contributed by atoms with Gasteiger partial charge in [0, 0.05) is 6.04 Å². The van der Waals surface area contributed by atoms with Gasteiger partial charge in [-0.25, -0.2) is 4.39 Å². The minimum atomic E-state index is -0.165. The van der Waals surface area contributed by atoms with E-state index in [2.05, 4.69) is 0 Å². The molecule has 0 aliphatic carbocycles. The SMILES string of the molecule is CC(N)C(C)c1ccccc1F. The lowest BCUT2D eigenvalue weighted by molar-refractivity contribution is 0.550. The van der Waals surface area contributed by atoms with E-state index in [1.807, 2.05) is 19.9 Å². The Morgan fingerprint density at radius 3 is 2.33 bits per heavy atom. The summed E-state index contributed by atoms with van der Waals surface area (Å²) in [4.78, 5) is 0. The van der Waals surface area contributed by atoms with E-state index in [9.17, 15) is 4.39 Å². The van der Waals surface area contributed by atoms with Crippen LogP contribution in [0.3, 0.4) is 0 Å². The first kappa shape index (κ1) is 9.20. The summed E-state index contributed by atoms with van der Waals surface area (Å²) in [6.45, 7) is 3.82. The van der Waals surface area contributed by atoms with Crippen LogP contribution in [0.4, 0.5) is 4.39 Å². The first-order chi connectivity index (χ1) is 5.63. The van der Waals surface area contributed by atoms with Crippen LogP contribution in [0.5, 0.6) is 0 Å². The molecule has 1 aromatic carbocycles. The van der Waals surface area contributed by atoms with Crippen LogP contribution in [0.2, 0.25) is 0 Å². The molecule has 2 unspecified atom stereocenters. The number of benzene rings is 1. The summed E-state index contributed by atoms with van der Waals surface area (Å²) in [5, 5.41) is 0. The molecule has 1 nitrogen and oxygen atoms in total. The van der Waals surface area contributed by atoms with Gasteiger partial charge in [-0.05, 0) is 24.5 Å². The fraction of sp³-hybridized carbons (Fsp3) is 0.400. The second-order valence-corrected chi connectivity index (χ2v) is 3.17. The minimum Gasteiger partial charge on any atom is -0.327 e. The number of hydrogen-bond donors (Lipinski definition) is 1. The maximum atomic E-state index is 13.1. The molecule has 0 saturated heterocycles. The number of nitrogens with two attached hydrogens (primary N) is 1. The fourth-order valence-corrected chi connectivity index (χ4v) is 1.13. The van der Waals surface area contributed by atoms with Crippen molar-refractivity contribution in [3.63, 3.8) is 0 Å². The van der Waals surface area contributed by atoms with Crippen LogP contribution in [0.15, 0.2) is 24.3 Å². The van der Waals surface area contributed by atoms with Crippen LogP contribution in [-0.4, -0.2) is 6.04 Å². The highest BCUT2D eigenvalue weighted by molar-refractivity contribution is 5.22. The van der Waals surface area contributed by atoms with E-state index < -0.39 is 0 Å². The number of halogens is 1. The maximum Gasteiger partial charge on any atom is 0.126 e. The highest BCUT2D eigenvalue weighted by Crippen LogP contribution is 2.20. The zero-order valence-electron chi connectivity index (χ0n) is 7.42. The molecule has 12 heavy (non-hydrogen) atoms. The lowest BCUT2D eigenvalue weighted by Crippen LogP contribution is -2.23. The lowest BCUT2D eigenvalue weighted by atomic mass is 9.95. The molecule has 0 radical (unpaired) electrons. The van der Waals surface area contributed by atoms with Gasteiger partial charge >= 0.3 is 0 Å². The van der Waals surface area contributed by atoms with Gasteiger partial charge in [0.05, 0.1) is 0 Å².